The van der Waals surface area contributed by atoms with Gasteiger partial charge in [-0.2, -0.15) is 0 Å². The van der Waals surface area contributed by atoms with E-state index in [1.807, 2.05) is 19.9 Å². The minimum atomic E-state index is -1.54. The van der Waals surface area contributed by atoms with E-state index < -0.39 is 37.3 Å². The first kappa shape index (κ1) is 28.4. The third-order valence-corrected chi connectivity index (χ3v) is 6.22. The fourth-order valence-electron chi connectivity index (χ4n) is 4.03. The van der Waals surface area contributed by atoms with Gasteiger partial charge >= 0.3 is 0 Å². The number of ether oxygens (including phenoxy) is 3. The van der Waals surface area contributed by atoms with Crippen molar-refractivity contribution >= 4 is 5.78 Å². The molecule has 10 heteroatoms. The van der Waals surface area contributed by atoms with E-state index in [2.05, 4.69) is 0 Å². The van der Waals surface area contributed by atoms with Crippen molar-refractivity contribution in [3.8, 4) is 23.0 Å². The average Bonchev–Trinajstić information content (AvgIpc) is 2.87. The number of ketones is 1. The molecule has 3 rings (SSSR count). The predicted molar refractivity (Wildman–Crippen MR) is 133 cm³/mol. The fourth-order valence-corrected chi connectivity index (χ4v) is 4.03. The van der Waals surface area contributed by atoms with E-state index in [0.29, 0.717) is 12.2 Å². The number of methoxy groups -OCH3 is 1. The van der Waals surface area contributed by atoms with Crippen LogP contribution in [-0.4, -0.2) is 80.8 Å². The Kier molecular flexibility index (Phi) is 9.52. The van der Waals surface area contributed by atoms with E-state index in [0.717, 1.165) is 11.1 Å². The predicted octanol–water partition coefficient (Wildman–Crippen LogP) is 1.61. The lowest BCUT2D eigenvalue weighted by Crippen LogP contribution is -2.60. The topological polar surface area (TPSA) is 166 Å². The summed E-state index contributed by atoms with van der Waals surface area (Å²) in [7, 11) is 1.36. The van der Waals surface area contributed by atoms with Crippen molar-refractivity contribution in [1.82, 2.24) is 0 Å². The van der Waals surface area contributed by atoms with Crippen LogP contribution in [0.3, 0.4) is 0 Å². The number of benzene rings is 2. The van der Waals surface area contributed by atoms with Gasteiger partial charge in [-0.25, -0.2) is 0 Å². The summed E-state index contributed by atoms with van der Waals surface area (Å²) in [6, 6.07) is 7.93. The molecule has 0 amide bonds. The third-order valence-electron chi connectivity index (χ3n) is 6.22. The maximum atomic E-state index is 13.0. The summed E-state index contributed by atoms with van der Waals surface area (Å²) in [5.74, 6) is -0.416. The van der Waals surface area contributed by atoms with Crippen molar-refractivity contribution in [1.29, 1.82) is 0 Å². The molecule has 1 heterocycles. The van der Waals surface area contributed by atoms with Crippen molar-refractivity contribution in [3.63, 3.8) is 0 Å². The number of carbonyl (C=O) groups excluding carboxylic acids is 1. The smallest absolute Gasteiger partial charge is 0.229 e. The summed E-state index contributed by atoms with van der Waals surface area (Å²) in [5.41, 5.74) is 2.05. The highest BCUT2D eigenvalue weighted by Crippen LogP contribution is 2.39. The van der Waals surface area contributed by atoms with Gasteiger partial charge < -0.3 is 44.8 Å². The van der Waals surface area contributed by atoms with Crippen LogP contribution in [0.15, 0.2) is 42.0 Å². The maximum Gasteiger partial charge on any atom is 0.229 e. The first-order valence-electron chi connectivity index (χ1n) is 11.9. The summed E-state index contributed by atoms with van der Waals surface area (Å²) >= 11 is 0. The van der Waals surface area contributed by atoms with Crippen molar-refractivity contribution in [2.75, 3.05) is 13.7 Å². The number of Topliss-reactive ketones (excluding diaryl/α,β-unsaturated/α-hetero) is 1. The molecule has 0 aromatic heterocycles. The van der Waals surface area contributed by atoms with Crippen LogP contribution in [0.2, 0.25) is 0 Å². The molecule has 1 aliphatic heterocycles. The summed E-state index contributed by atoms with van der Waals surface area (Å²) in [6.45, 7) is 3.23. The number of aryl methyl sites for hydroxylation is 1. The number of hydrogen-bond donors (Lipinski definition) is 6. The zero-order valence-electron chi connectivity index (χ0n) is 21.0. The Balaban J connectivity index is 1.68. The summed E-state index contributed by atoms with van der Waals surface area (Å²) < 4.78 is 16.2. The highest BCUT2D eigenvalue weighted by atomic mass is 16.7. The van der Waals surface area contributed by atoms with Gasteiger partial charge in [-0.3, -0.25) is 4.79 Å². The standard InChI is InChI=1S/C27H34O10/c1-14(2)4-10-17-19(30)12-20(35-3)22(23(17)31)18(29)11-7-15-5-8-16(9-6-15)36-27-26(34)25(33)24(32)21(13-28)37-27/h4-6,8-9,12,21,24-28,30-34H,7,10-11,13H2,1-3H3/t21-,24-,25+,26-,27-/m1/s1. The number of aliphatic hydroxyl groups is 4. The molecule has 2 aromatic rings. The van der Waals surface area contributed by atoms with Crippen LogP contribution < -0.4 is 9.47 Å². The van der Waals surface area contributed by atoms with Crippen LogP contribution in [0.5, 0.6) is 23.0 Å². The number of aromatic hydroxyl groups is 2. The van der Waals surface area contributed by atoms with Crippen LogP contribution in [0.25, 0.3) is 0 Å². The molecule has 0 saturated carbocycles. The SMILES string of the molecule is COc1cc(O)c(CC=C(C)C)c(O)c1C(=O)CCc1ccc(O[C@@H]2O[C@H](CO)[C@@H](O)[C@H](O)[C@H]2O)cc1. The third kappa shape index (κ3) is 6.60. The molecule has 0 radical (unpaired) electrons. The Hall–Kier alpha value is -3.15. The number of allylic oxidation sites excluding steroid dienone is 2. The van der Waals surface area contributed by atoms with Crippen LogP contribution in [0.4, 0.5) is 0 Å². The van der Waals surface area contributed by atoms with Gasteiger partial charge in [0, 0.05) is 18.1 Å². The number of aliphatic hydroxyl groups excluding tert-OH is 4. The van der Waals surface area contributed by atoms with E-state index in [4.69, 9.17) is 14.2 Å². The molecule has 2 aromatic carbocycles. The van der Waals surface area contributed by atoms with Crippen LogP contribution >= 0.6 is 0 Å². The molecule has 0 bridgehead atoms. The van der Waals surface area contributed by atoms with E-state index in [1.165, 1.54) is 13.2 Å². The Morgan fingerprint density at radius 3 is 2.32 bits per heavy atom. The molecule has 0 unspecified atom stereocenters. The van der Waals surface area contributed by atoms with Gasteiger partial charge in [0.25, 0.3) is 0 Å². The highest BCUT2D eigenvalue weighted by Gasteiger charge is 2.44. The molecule has 10 nitrogen and oxygen atoms in total. The van der Waals surface area contributed by atoms with Gasteiger partial charge in [0.2, 0.25) is 6.29 Å². The van der Waals surface area contributed by atoms with Crippen molar-refractivity contribution in [3.05, 3.63) is 58.7 Å². The summed E-state index contributed by atoms with van der Waals surface area (Å²) in [4.78, 5) is 13.0. The summed E-state index contributed by atoms with van der Waals surface area (Å²) in [6.07, 6.45) is -4.42. The molecule has 202 valence electrons. The Morgan fingerprint density at radius 1 is 1.05 bits per heavy atom. The van der Waals surface area contributed by atoms with Crippen molar-refractivity contribution in [2.24, 2.45) is 0 Å². The van der Waals surface area contributed by atoms with Gasteiger partial charge in [0.15, 0.2) is 5.78 Å². The average molecular weight is 519 g/mol. The first-order chi connectivity index (χ1) is 17.6. The Labute approximate surface area is 215 Å². The summed E-state index contributed by atoms with van der Waals surface area (Å²) in [5, 5.41) is 60.3. The van der Waals surface area contributed by atoms with E-state index in [1.54, 1.807) is 24.3 Å². The minimum absolute atomic E-state index is 0.0139. The highest BCUT2D eigenvalue weighted by molar-refractivity contribution is 6.02. The molecule has 0 spiro atoms. The fraction of sp³-hybridized carbons (Fsp3) is 0.444. The van der Waals surface area contributed by atoms with Crippen molar-refractivity contribution < 1.29 is 49.6 Å². The van der Waals surface area contributed by atoms with E-state index in [-0.39, 0.29) is 47.0 Å². The second-order valence-electron chi connectivity index (χ2n) is 9.17. The van der Waals surface area contributed by atoms with E-state index in [9.17, 15) is 35.4 Å². The lowest BCUT2D eigenvalue weighted by Gasteiger charge is -2.39. The maximum absolute atomic E-state index is 13.0. The van der Waals surface area contributed by atoms with Crippen LogP contribution in [0.1, 0.15) is 41.8 Å². The van der Waals surface area contributed by atoms with Gasteiger partial charge in [0.1, 0.15) is 53.0 Å². The first-order valence-corrected chi connectivity index (χ1v) is 11.9. The lowest BCUT2D eigenvalue weighted by molar-refractivity contribution is -0.277. The number of rotatable bonds is 10. The molecule has 0 aliphatic carbocycles. The quantitative estimate of drug-likeness (QED) is 0.201. The number of carbonyl (C=O) groups is 1. The minimum Gasteiger partial charge on any atom is -0.507 e. The molecule has 1 aliphatic rings. The zero-order chi connectivity index (χ0) is 27.3. The van der Waals surface area contributed by atoms with Gasteiger partial charge in [-0.05, 0) is 44.4 Å². The number of phenolic OH excluding ortho intramolecular Hbond substituents is 2. The second-order valence-corrected chi connectivity index (χ2v) is 9.17. The van der Waals surface area contributed by atoms with Crippen LogP contribution in [-0.2, 0) is 17.6 Å². The van der Waals surface area contributed by atoms with Crippen molar-refractivity contribution in [2.45, 2.75) is 63.8 Å². The van der Waals surface area contributed by atoms with E-state index >= 15 is 0 Å². The molecular formula is C27H34O10. The second kappa shape index (κ2) is 12.4. The zero-order valence-corrected chi connectivity index (χ0v) is 21.0. The lowest BCUT2D eigenvalue weighted by atomic mass is 9.96. The van der Waals surface area contributed by atoms with Gasteiger partial charge in [0.05, 0.1) is 13.7 Å². The van der Waals surface area contributed by atoms with Gasteiger partial charge in [-0.15, -0.1) is 0 Å². The monoisotopic (exact) mass is 518 g/mol. The molecule has 1 saturated heterocycles. The largest absolute Gasteiger partial charge is 0.507 e. The Morgan fingerprint density at radius 2 is 1.73 bits per heavy atom. The van der Waals surface area contributed by atoms with Crippen LogP contribution in [0, 0.1) is 0 Å². The molecule has 1 fully saturated rings. The molecule has 37 heavy (non-hydrogen) atoms. The normalized spacial score (nSPS) is 23.4. The van der Waals surface area contributed by atoms with Gasteiger partial charge in [-0.1, -0.05) is 23.8 Å². The molecule has 6 N–H and O–H groups in total. The molecular weight excluding hydrogens is 484 g/mol. The molecule has 5 atom stereocenters. The number of phenols is 2. The number of hydrogen-bond acceptors (Lipinski definition) is 10. The Bertz CT molecular complexity index is 1110.